The summed E-state index contributed by atoms with van der Waals surface area (Å²) < 4.78 is 0. The molecule has 0 N–H and O–H groups in total. The molecule has 54 heavy (non-hydrogen) atoms. The van der Waals surface area contributed by atoms with Crippen LogP contribution >= 0.6 is 44.3 Å². The fraction of sp³-hybridized carbons (Fsp3) is 0.391. The van der Waals surface area contributed by atoms with Crippen molar-refractivity contribution in [3.63, 3.8) is 0 Å². The first-order valence-corrected chi connectivity index (χ1v) is 34.4. The molecule has 2 atom stereocenters. The predicted octanol–water partition coefficient (Wildman–Crippen LogP) is 15.4. The largest absolute Gasteiger partial charge is 0.296 e. The molecule has 4 aromatic carbocycles. The molecule has 6 rings (SSSR count). The lowest BCUT2D eigenvalue weighted by molar-refractivity contribution is 0.331. The quantitative estimate of drug-likeness (QED) is 0.122. The normalized spacial score (nSPS) is 22.5. The minimum atomic E-state index is -2.87. The van der Waals surface area contributed by atoms with Crippen molar-refractivity contribution in [2.45, 2.75) is 104 Å². The minimum absolute atomic E-state index is 0.0696. The van der Waals surface area contributed by atoms with Crippen molar-refractivity contribution < 1.29 is 0 Å². The number of benzene rings is 4. The monoisotopic (exact) mass is 864 g/mol. The average Bonchev–Trinajstić information content (AvgIpc) is 3.07. The minimum Gasteiger partial charge on any atom is -0.139 e. The zero-order valence-electron chi connectivity index (χ0n) is 34.5. The van der Waals surface area contributed by atoms with E-state index >= 15 is 0 Å². The summed E-state index contributed by atoms with van der Waals surface area (Å²) in [6.07, 6.45) is 1.95. The maximum absolute atomic E-state index is 7.46. The molecule has 2 aliphatic rings. The summed E-state index contributed by atoms with van der Waals surface area (Å²) in [5.74, 6) is 0. The van der Waals surface area contributed by atoms with E-state index in [9.17, 15) is 0 Å². The Bertz CT molecular complexity index is 1980. The molecule has 2 unspecified atom stereocenters. The number of halogens is 4. The summed E-state index contributed by atoms with van der Waals surface area (Å²) in [5.41, 5.74) is 6.47. The Morgan fingerprint density at radius 1 is 0.463 bits per heavy atom. The molecule has 0 amide bonds. The van der Waals surface area contributed by atoms with Crippen LogP contribution in [0.3, 0.4) is 0 Å². The van der Waals surface area contributed by atoms with Gasteiger partial charge in [-0.1, -0.05) is 212 Å². The SMILES string of the molecule is CC(C)(C)CC1(c2ccccc2)C([Si](C)(C)C)=C([Si](C)(C)C)[Si]1(Cl)Cl.CC(C)(C)CC1(c2ccccc2)C(c2ccccc2)=C(c2ccccc2)[Si]1(Cl)Cl. The Balaban J connectivity index is 0.000000210. The number of allylic oxidation sites excluding steroid dienone is 2. The molecule has 0 aliphatic carbocycles. The fourth-order valence-corrected chi connectivity index (χ4v) is 39.7. The van der Waals surface area contributed by atoms with E-state index < -0.39 is 29.5 Å². The van der Waals surface area contributed by atoms with E-state index in [0.29, 0.717) is 0 Å². The van der Waals surface area contributed by atoms with E-state index in [1.807, 2.05) is 6.07 Å². The van der Waals surface area contributed by atoms with Crippen LogP contribution in [0.2, 0.25) is 39.3 Å². The van der Waals surface area contributed by atoms with Crippen LogP contribution in [-0.2, 0) is 10.1 Å². The van der Waals surface area contributed by atoms with Gasteiger partial charge in [-0.2, -0.15) is 0 Å². The summed E-state index contributed by atoms with van der Waals surface area (Å²) in [5, 5.41) is 2.34. The van der Waals surface area contributed by atoms with Gasteiger partial charge < -0.3 is 0 Å². The molecule has 0 spiro atoms. The predicted molar refractivity (Wildman–Crippen MR) is 253 cm³/mol. The van der Waals surface area contributed by atoms with Crippen LogP contribution in [0.1, 0.15) is 76.6 Å². The van der Waals surface area contributed by atoms with Crippen molar-refractivity contribution in [2.24, 2.45) is 10.8 Å². The average molecular weight is 867 g/mol. The highest BCUT2D eigenvalue weighted by molar-refractivity contribution is 7.57. The second kappa shape index (κ2) is 15.3. The van der Waals surface area contributed by atoms with Gasteiger partial charge in [0.2, 0.25) is 0 Å². The zero-order valence-corrected chi connectivity index (χ0v) is 41.5. The van der Waals surface area contributed by atoms with Crippen LogP contribution in [0.15, 0.2) is 131 Å². The molecule has 4 aromatic rings. The van der Waals surface area contributed by atoms with Crippen LogP contribution in [0.4, 0.5) is 0 Å². The van der Waals surface area contributed by atoms with Crippen molar-refractivity contribution in [1.29, 1.82) is 0 Å². The summed E-state index contributed by atoms with van der Waals surface area (Å²) in [6.45, 7) is 23.0. The highest BCUT2D eigenvalue weighted by Crippen LogP contribution is 2.69. The Kier molecular flexibility index (Phi) is 12.3. The van der Waals surface area contributed by atoms with Gasteiger partial charge in [-0.15, -0.1) is 44.3 Å². The summed E-state index contributed by atoms with van der Waals surface area (Å²) in [6, 6.07) is 42.6. The molecular weight excluding hydrogens is 807 g/mol. The number of hydrogen-bond donors (Lipinski definition) is 0. The van der Waals surface area contributed by atoms with Crippen molar-refractivity contribution in [2.75, 3.05) is 0 Å². The first-order valence-electron chi connectivity index (χ1n) is 19.3. The second-order valence-corrected chi connectivity index (χ2v) is 43.4. The van der Waals surface area contributed by atoms with E-state index in [4.69, 9.17) is 44.3 Å². The zero-order chi connectivity index (χ0) is 40.2. The van der Waals surface area contributed by atoms with Crippen LogP contribution < -0.4 is 0 Å². The topological polar surface area (TPSA) is 0 Å². The van der Waals surface area contributed by atoms with Crippen LogP contribution in [0.5, 0.6) is 0 Å². The number of rotatable bonds is 8. The van der Waals surface area contributed by atoms with E-state index in [0.717, 1.165) is 23.6 Å². The van der Waals surface area contributed by atoms with Crippen molar-refractivity contribution in [3.8, 4) is 0 Å². The standard InChI is InChI=1S/C26H26Cl2Si.C20H34Cl2Si3/c1-25(2,3)19-26(22-17-11-6-12-18-22)23(20-13-7-4-8-14-20)24(29(26,27)28)21-15-9-5-10-16-21;1-19(2,3)15-20(16-13-11-10-12-14-16)17(23(4,5)6)18(24(7,8)9)25(20,21)22/h4-18H,19H2,1-3H3;10-14H,15H2,1-9H3. The molecule has 0 aromatic heterocycles. The van der Waals surface area contributed by atoms with Crippen LogP contribution in [0, 0.1) is 10.8 Å². The summed E-state index contributed by atoms with van der Waals surface area (Å²) in [7, 11) is -3.14. The van der Waals surface area contributed by atoms with Crippen molar-refractivity contribution in [1.82, 2.24) is 0 Å². The molecule has 2 aliphatic heterocycles. The molecule has 0 radical (unpaired) electrons. The van der Waals surface area contributed by atoms with Gasteiger partial charge in [0.05, 0.1) is 16.1 Å². The van der Waals surface area contributed by atoms with Gasteiger partial charge in [-0.05, 0) is 56.7 Å². The highest BCUT2D eigenvalue weighted by atomic mass is 35.7. The van der Waals surface area contributed by atoms with Crippen molar-refractivity contribution in [3.05, 3.63) is 154 Å². The van der Waals surface area contributed by atoms with Gasteiger partial charge >= 0.3 is 0 Å². The molecule has 0 saturated heterocycles. The molecule has 0 bridgehead atoms. The Labute approximate surface area is 350 Å². The molecule has 0 fully saturated rings. The maximum Gasteiger partial charge on any atom is 0.296 e. The van der Waals surface area contributed by atoms with E-state index in [-0.39, 0.29) is 20.9 Å². The third kappa shape index (κ3) is 7.94. The van der Waals surface area contributed by atoms with Crippen molar-refractivity contribution >= 4 is 84.6 Å². The van der Waals surface area contributed by atoms with E-state index in [2.05, 4.69) is 196 Å². The van der Waals surface area contributed by atoms with Gasteiger partial charge in [0.25, 0.3) is 13.4 Å². The van der Waals surface area contributed by atoms with Crippen LogP contribution in [-0.4, -0.2) is 29.5 Å². The first kappa shape index (κ1) is 43.5. The molecule has 288 valence electrons. The highest BCUT2D eigenvalue weighted by Gasteiger charge is 2.71. The van der Waals surface area contributed by atoms with E-state index in [1.54, 1.807) is 5.20 Å². The summed E-state index contributed by atoms with van der Waals surface area (Å²) >= 11 is 29.8. The third-order valence-electron chi connectivity index (χ3n) is 10.8. The number of hydrogen-bond acceptors (Lipinski definition) is 0. The lowest BCUT2D eigenvalue weighted by atomic mass is 9.73. The maximum atomic E-state index is 7.46. The fourth-order valence-electron chi connectivity index (χ4n) is 9.43. The van der Waals surface area contributed by atoms with Gasteiger partial charge in [0.15, 0.2) is 0 Å². The molecular formula is C46H60Cl4Si4. The lowest BCUT2D eigenvalue weighted by Gasteiger charge is -2.62. The molecule has 0 nitrogen and oxygen atoms in total. The van der Waals surface area contributed by atoms with Gasteiger partial charge in [-0.3, -0.25) is 0 Å². The third-order valence-corrected chi connectivity index (χ3v) is 31.6. The smallest absolute Gasteiger partial charge is 0.139 e. The summed E-state index contributed by atoms with van der Waals surface area (Å²) in [4.78, 5) is 1.54. The lowest BCUT2D eigenvalue weighted by Crippen LogP contribution is -2.70. The van der Waals surface area contributed by atoms with E-state index in [1.165, 1.54) is 27.1 Å². The van der Waals surface area contributed by atoms with Crippen LogP contribution in [0.25, 0.3) is 10.8 Å². The molecule has 0 saturated carbocycles. The Morgan fingerprint density at radius 3 is 1.19 bits per heavy atom. The first-order chi connectivity index (χ1) is 24.8. The molecule has 2 heterocycles. The van der Waals surface area contributed by atoms with Gasteiger partial charge in [0, 0.05) is 10.1 Å². The van der Waals surface area contributed by atoms with Gasteiger partial charge in [-0.25, -0.2) is 0 Å². The second-order valence-electron chi connectivity index (χ2n) is 19.9. The van der Waals surface area contributed by atoms with Gasteiger partial charge in [0.1, 0.15) is 0 Å². The molecule has 8 heteroatoms. The Hall–Kier alpha value is -1.61. The Morgan fingerprint density at radius 2 is 0.815 bits per heavy atom.